The Kier molecular flexibility index (Phi) is 2.12. The van der Waals surface area contributed by atoms with Crippen molar-refractivity contribution in [1.29, 1.82) is 0 Å². The van der Waals surface area contributed by atoms with Crippen LogP contribution in [0.5, 0.6) is 0 Å². The topological polar surface area (TPSA) is 16.1 Å². The highest BCUT2D eigenvalue weighted by molar-refractivity contribution is 6.33. The lowest BCUT2D eigenvalue weighted by Crippen LogP contribution is -2.08. The van der Waals surface area contributed by atoms with E-state index in [9.17, 15) is 0 Å². The van der Waals surface area contributed by atoms with Crippen molar-refractivity contribution in [3.8, 4) is 0 Å². The summed E-state index contributed by atoms with van der Waals surface area (Å²) in [5, 5.41) is 0.688. The molecule has 0 radical (unpaired) electrons. The van der Waals surface area contributed by atoms with Gasteiger partial charge in [0.05, 0.1) is 10.7 Å². The SMILES string of the molecule is CN(C)c1ccncc1Cl. The quantitative estimate of drug-likeness (QED) is 0.617. The minimum absolute atomic E-state index is 0.688. The molecule has 3 heteroatoms. The molecular weight excluding hydrogens is 148 g/mol. The average Bonchev–Trinajstić information content (AvgIpc) is 1.88. The Hall–Kier alpha value is -0.760. The van der Waals surface area contributed by atoms with Crippen LogP contribution < -0.4 is 4.90 Å². The first kappa shape index (κ1) is 7.35. The van der Waals surface area contributed by atoms with Crippen molar-refractivity contribution in [2.45, 2.75) is 0 Å². The number of rotatable bonds is 1. The predicted octanol–water partition coefficient (Wildman–Crippen LogP) is 1.80. The Morgan fingerprint density at radius 2 is 2.20 bits per heavy atom. The van der Waals surface area contributed by atoms with E-state index in [0.717, 1.165) is 5.69 Å². The maximum Gasteiger partial charge on any atom is 0.0822 e. The average molecular weight is 157 g/mol. The zero-order valence-corrected chi connectivity index (χ0v) is 6.76. The summed E-state index contributed by atoms with van der Waals surface area (Å²) in [7, 11) is 3.89. The second kappa shape index (κ2) is 2.88. The molecule has 0 saturated carbocycles. The first-order chi connectivity index (χ1) is 4.72. The van der Waals surface area contributed by atoms with Crippen molar-refractivity contribution in [3.63, 3.8) is 0 Å². The molecule has 10 heavy (non-hydrogen) atoms. The molecule has 0 atom stereocenters. The van der Waals surface area contributed by atoms with Gasteiger partial charge in [0.25, 0.3) is 0 Å². The van der Waals surface area contributed by atoms with Crippen molar-refractivity contribution in [1.82, 2.24) is 4.98 Å². The predicted molar refractivity (Wildman–Crippen MR) is 43.6 cm³/mol. The maximum atomic E-state index is 5.82. The summed E-state index contributed by atoms with van der Waals surface area (Å²) in [5.41, 5.74) is 0.997. The molecule has 0 fully saturated rings. The Morgan fingerprint density at radius 1 is 1.50 bits per heavy atom. The van der Waals surface area contributed by atoms with Gasteiger partial charge in [-0.1, -0.05) is 11.6 Å². The molecule has 0 aliphatic heterocycles. The first-order valence-corrected chi connectivity index (χ1v) is 3.36. The maximum absolute atomic E-state index is 5.82. The highest BCUT2D eigenvalue weighted by atomic mass is 35.5. The van der Waals surface area contributed by atoms with Crippen molar-refractivity contribution < 1.29 is 0 Å². The summed E-state index contributed by atoms with van der Waals surface area (Å²) < 4.78 is 0. The number of hydrogen-bond donors (Lipinski definition) is 0. The molecule has 0 aromatic carbocycles. The standard InChI is InChI=1S/C7H9ClN2/c1-10(2)7-3-4-9-5-6(7)8/h3-5H,1-2H3. The second-order valence-corrected chi connectivity index (χ2v) is 2.63. The number of anilines is 1. The van der Waals surface area contributed by atoms with E-state index >= 15 is 0 Å². The molecule has 0 spiro atoms. The summed E-state index contributed by atoms with van der Waals surface area (Å²) in [6.07, 6.45) is 3.36. The van der Waals surface area contributed by atoms with Gasteiger partial charge in [-0.3, -0.25) is 4.98 Å². The molecule has 1 aromatic rings. The van der Waals surface area contributed by atoms with Gasteiger partial charge in [-0.25, -0.2) is 0 Å². The molecule has 2 nitrogen and oxygen atoms in total. The van der Waals surface area contributed by atoms with Crippen LogP contribution in [0.1, 0.15) is 0 Å². The molecule has 0 saturated heterocycles. The van der Waals surface area contributed by atoms with Gasteiger partial charge in [0, 0.05) is 26.5 Å². The molecule has 0 N–H and O–H groups in total. The van der Waals surface area contributed by atoms with Crippen molar-refractivity contribution in [2.75, 3.05) is 19.0 Å². The zero-order chi connectivity index (χ0) is 7.56. The first-order valence-electron chi connectivity index (χ1n) is 2.98. The third-order valence-corrected chi connectivity index (χ3v) is 1.52. The van der Waals surface area contributed by atoms with Crippen LogP contribution in [0.15, 0.2) is 18.5 Å². The minimum Gasteiger partial charge on any atom is -0.376 e. The molecule has 0 bridgehead atoms. The third kappa shape index (κ3) is 1.39. The largest absolute Gasteiger partial charge is 0.376 e. The smallest absolute Gasteiger partial charge is 0.0822 e. The molecule has 0 unspecified atom stereocenters. The van der Waals surface area contributed by atoms with E-state index in [2.05, 4.69) is 4.98 Å². The summed E-state index contributed by atoms with van der Waals surface area (Å²) in [5.74, 6) is 0. The summed E-state index contributed by atoms with van der Waals surface area (Å²) in [4.78, 5) is 5.82. The number of pyridine rings is 1. The fourth-order valence-corrected chi connectivity index (χ4v) is 1.02. The number of halogens is 1. The van der Waals surface area contributed by atoms with Crippen molar-refractivity contribution in [2.24, 2.45) is 0 Å². The van der Waals surface area contributed by atoms with Crippen LogP contribution in [-0.2, 0) is 0 Å². The highest BCUT2D eigenvalue weighted by Crippen LogP contribution is 2.21. The van der Waals surface area contributed by atoms with Gasteiger partial charge in [0.1, 0.15) is 0 Å². The van der Waals surface area contributed by atoms with Crippen LogP contribution in [0.25, 0.3) is 0 Å². The van der Waals surface area contributed by atoms with Gasteiger partial charge in [-0.2, -0.15) is 0 Å². The Labute approximate surface area is 65.4 Å². The normalized spacial score (nSPS) is 9.50. The van der Waals surface area contributed by atoms with E-state index in [4.69, 9.17) is 11.6 Å². The van der Waals surface area contributed by atoms with Crippen LogP contribution in [0.2, 0.25) is 5.02 Å². The Morgan fingerprint density at radius 3 is 2.60 bits per heavy atom. The van der Waals surface area contributed by atoms with Crippen LogP contribution in [0.3, 0.4) is 0 Å². The van der Waals surface area contributed by atoms with Crippen LogP contribution in [0, 0.1) is 0 Å². The van der Waals surface area contributed by atoms with Gasteiger partial charge in [-0.05, 0) is 6.07 Å². The van der Waals surface area contributed by atoms with Crippen molar-refractivity contribution >= 4 is 17.3 Å². The molecule has 1 rings (SSSR count). The van der Waals surface area contributed by atoms with E-state index < -0.39 is 0 Å². The highest BCUT2D eigenvalue weighted by Gasteiger charge is 1.98. The fourth-order valence-electron chi connectivity index (χ4n) is 0.731. The number of aromatic nitrogens is 1. The third-order valence-electron chi connectivity index (χ3n) is 1.23. The molecule has 0 aliphatic carbocycles. The van der Waals surface area contributed by atoms with Crippen LogP contribution in [-0.4, -0.2) is 19.1 Å². The number of nitrogens with zero attached hydrogens (tertiary/aromatic N) is 2. The fraction of sp³-hybridized carbons (Fsp3) is 0.286. The Bertz CT molecular complexity index is 223. The molecular formula is C7H9ClN2. The van der Waals surface area contributed by atoms with Gasteiger partial charge in [-0.15, -0.1) is 0 Å². The lowest BCUT2D eigenvalue weighted by molar-refractivity contribution is 1.12. The van der Waals surface area contributed by atoms with Gasteiger partial charge in [0.2, 0.25) is 0 Å². The van der Waals surface area contributed by atoms with E-state index in [0.29, 0.717) is 5.02 Å². The lowest BCUT2D eigenvalue weighted by atomic mass is 10.4. The van der Waals surface area contributed by atoms with Gasteiger partial charge < -0.3 is 4.90 Å². The van der Waals surface area contributed by atoms with Crippen molar-refractivity contribution in [3.05, 3.63) is 23.5 Å². The van der Waals surface area contributed by atoms with E-state index in [1.54, 1.807) is 12.4 Å². The minimum atomic E-state index is 0.688. The molecule has 1 aromatic heterocycles. The molecule has 1 heterocycles. The van der Waals surface area contributed by atoms with E-state index in [1.165, 1.54) is 0 Å². The summed E-state index contributed by atoms with van der Waals surface area (Å²) in [6.45, 7) is 0. The summed E-state index contributed by atoms with van der Waals surface area (Å²) in [6, 6.07) is 1.88. The molecule has 0 aliphatic rings. The van der Waals surface area contributed by atoms with Gasteiger partial charge >= 0.3 is 0 Å². The van der Waals surface area contributed by atoms with E-state index in [1.807, 2.05) is 25.1 Å². The van der Waals surface area contributed by atoms with Crippen LogP contribution in [0.4, 0.5) is 5.69 Å². The Balaban J connectivity index is 3.03. The van der Waals surface area contributed by atoms with Crippen LogP contribution >= 0.6 is 11.6 Å². The van der Waals surface area contributed by atoms with E-state index in [-0.39, 0.29) is 0 Å². The van der Waals surface area contributed by atoms with Gasteiger partial charge in [0.15, 0.2) is 0 Å². The molecule has 54 valence electrons. The lowest BCUT2D eigenvalue weighted by Gasteiger charge is -2.12. The summed E-state index contributed by atoms with van der Waals surface area (Å²) >= 11 is 5.82. The monoisotopic (exact) mass is 156 g/mol. The second-order valence-electron chi connectivity index (χ2n) is 2.22. The molecule has 0 amide bonds. The number of hydrogen-bond acceptors (Lipinski definition) is 2. The zero-order valence-electron chi connectivity index (χ0n) is 6.00.